The minimum absolute atomic E-state index is 0. The average molecular weight is 490 g/mol. The number of hydrogen-bond donors (Lipinski definition) is 0. The first-order valence-corrected chi connectivity index (χ1v) is 10.2. The molecule has 0 aromatic heterocycles. The number of benzene rings is 2. The summed E-state index contributed by atoms with van der Waals surface area (Å²) in [5.74, 6) is 7.89. The van der Waals surface area contributed by atoms with Gasteiger partial charge in [0.15, 0.2) is 0 Å². The Morgan fingerprint density at radius 3 is 1.03 bits per heavy atom. The van der Waals surface area contributed by atoms with Gasteiger partial charge in [-0.05, 0) is 88.5 Å². The summed E-state index contributed by atoms with van der Waals surface area (Å²) in [6.07, 6.45) is 21.0. The van der Waals surface area contributed by atoms with E-state index in [2.05, 4.69) is 27.7 Å². The van der Waals surface area contributed by atoms with Gasteiger partial charge >= 0.3 is 26.2 Å². The van der Waals surface area contributed by atoms with Crippen LogP contribution >= 0.6 is 0 Å². The fourth-order valence-electron chi connectivity index (χ4n) is 1.94. The molecule has 2 aromatic carbocycles. The van der Waals surface area contributed by atoms with Crippen molar-refractivity contribution < 1.29 is 26.2 Å². The molecule has 2 saturated carbocycles. The fraction of sp³-hybridized carbons (Fsp3) is 0.179. The van der Waals surface area contributed by atoms with Crippen LogP contribution in [0.15, 0.2) is 60.7 Å². The molecular weight excluding hydrogens is 456 g/mol. The maximum atomic E-state index is 7.89. The topological polar surface area (TPSA) is 27.0 Å². The summed E-state index contributed by atoms with van der Waals surface area (Å²) in [7, 11) is 0. The van der Waals surface area contributed by atoms with Crippen LogP contribution in [0.3, 0.4) is 0 Å². The number of rotatable bonds is 2. The van der Waals surface area contributed by atoms with E-state index in [-0.39, 0.29) is 26.2 Å². The van der Waals surface area contributed by atoms with E-state index in [1.807, 2.05) is 125 Å². The Hall–Kier alpha value is -0.917. The maximum Gasteiger partial charge on any atom is 2.00 e. The smallest absolute Gasteiger partial charge is 0.578 e. The molecule has 0 amide bonds. The van der Waals surface area contributed by atoms with E-state index in [1.165, 1.54) is 5.01 Å². The van der Waals surface area contributed by atoms with Crippen LogP contribution < -0.4 is 5.01 Å². The second-order valence-electron chi connectivity index (χ2n) is 7.74. The Morgan fingerprint density at radius 1 is 0.613 bits per heavy atom. The van der Waals surface area contributed by atoms with E-state index in [1.54, 1.807) is 0 Å². The van der Waals surface area contributed by atoms with E-state index in [0.717, 1.165) is 17.8 Å². The largest absolute Gasteiger partial charge is 2.00 e. The Labute approximate surface area is 212 Å². The summed E-state index contributed by atoms with van der Waals surface area (Å²) in [6.45, 7) is 10.3. The molecule has 0 aliphatic heterocycles. The van der Waals surface area contributed by atoms with Crippen molar-refractivity contribution in [3.8, 4) is 0 Å². The van der Waals surface area contributed by atoms with Crippen molar-refractivity contribution in [2.45, 2.75) is 27.2 Å². The van der Waals surface area contributed by atoms with Crippen LogP contribution in [0.25, 0.3) is 5.84 Å². The summed E-state index contributed by atoms with van der Waals surface area (Å²) in [4.78, 5) is 0. The van der Waals surface area contributed by atoms with Gasteiger partial charge in [-0.25, -0.2) is 0 Å². The van der Waals surface area contributed by atoms with Gasteiger partial charge < -0.3 is 17.8 Å². The van der Waals surface area contributed by atoms with Crippen molar-refractivity contribution in [3.63, 3.8) is 0 Å². The predicted octanol–water partition coefficient (Wildman–Crippen LogP) is 8.09. The second kappa shape index (κ2) is 18.6. The summed E-state index contributed by atoms with van der Waals surface area (Å²) < 4.78 is 0. The van der Waals surface area contributed by atoms with Crippen LogP contribution in [0.1, 0.15) is 27.2 Å². The van der Waals surface area contributed by atoms with Crippen molar-refractivity contribution >= 4 is 11.4 Å². The average Bonchev–Trinajstić information content (AvgIpc) is 3.54. The maximum absolute atomic E-state index is 7.89. The van der Waals surface area contributed by atoms with E-state index in [0.29, 0.717) is 5.41 Å². The number of para-hydroxylation sites is 2. The van der Waals surface area contributed by atoms with Crippen molar-refractivity contribution in [1.82, 2.24) is 0 Å². The number of anilines is 2. The minimum Gasteiger partial charge on any atom is -0.578 e. The van der Waals surface area contributed by atoms with E-state index in [9.17, 15) is 0 Å². The zero-order valence-corrected chi connectivity index (χ0v) is 21.4. The number of nitrogens with zero attached hydrogens (tertiary/aromatic N) is 1. The van der Waals surface area contributed by atoms with Crippen LogP contribution in [0, 0.1) is 76.5 Å². The van der Waals surface area contributed by atoms with E-state index >= 15 is 0 Å². The monoisotopic (exact) mass is 488 g/mol. The fourth-order valence-corrected chi connectivity index (χ4v) is 1.94. The Balaban J connectivity index is 0.000000440. The molecule has 31 heavy (non-hydrogen) atoms. The molecule has 4 rings (SSSR count). The molecule has 0 bridgehead atoms. The van der Waals surface area contributed by atoms with Gasteiger partial charge in [0.1, 0.15) is 0 Å². The van der Waals surface area contributed by atoms with Gasteiger partial charge in [0.2, 0.25) is 0 Å². The second-order valence-corrected chi connectivity index (χ2v) is 7.74. The summed E-state index contributed by atoms with van der Waals surface area (Å²) in [6, 6.07) is 19.3. The van der Waals surface area contributed by atoms with Gasteiger partial charge in [-0.1, -0.05) is 62.6 Å². The number of nitrogens with one attached hydrogen (secondary N) is 1. The molecule has 3 heteroatoms. The first-order valence-electron chi connectivity index (χ1n) is 10.2. The molecule has 160 valence electrons. The van der Waals surface area contributed by atoms with Gasteiger partial charge in [-0.2, -0.15) is 6.42 Å². The van der Waals surface area contributed by atoms with E-state index < -0.39 is 0 Å². The van der Waals surface area contributed by atoms with Crippen LogP contribution in [0.4, 0.5) is 11.4 Å². The van der Waals surface area contributed by atoms with Gasteiger partial charge in [0, 0.05) is 11.4 Å². The molecule has 0 spiro atoms. The zero-order chi connectivity index (χ0) is 22.1. The normalized spacial score (nSPS) is 14.5. The first kappa shape index (κ1) is 30.1. The van der Waals surface area contributed by atoms with Crippen molar-refractivity contribution in [3.05, 3.63) is 138 Å². The van der Waals surface area contributed by atoms with Crippen LogP contribution in [-0.2, 0) is 26.2 Å². The summed E-state index contributed by atoms with van der Waals surface area (Å²) in [5, 5.41) is 1.42. The molecule has 2 nitrogen and oxygen atoms in total. The third-order valence-corrected chi connectivity index (χ3v) is 3.89. The molecule has 0 atom stereocenters. The van der Waals surface area contributed by atoms with Crippen LogP contribution in [-0.4, -0.2) is 0 Å². The molecule has 2 aromatic rings. The molecule has 0 saturated heterocycles. The minimum atomic E-state index is 0. The zero-order valence-electron chi connectivity index (χ0n) is 18.9. The van der Waals surface area contributed by atoms with Crippen molar-refractivity contribution in [2.24, 2.45) is 5.41 Å². The quantitative estimate of drug-likeness (QED) is 0.309. The molecule has 10 radical (unpaired) electrons. The Morgan fingerprint density at radius 2 is 0.839 bits per heavy atom. The molecular formula is C28H34N2Zr. The third kappa shape index (κ3) is 16.4. The third-order valence-electron chi connectivity index (χ3n) is 3.89. The standard InChI is InChI=1S/C12H11N2.C6H13.2C5H5.Zr/c13-14(11-7-3-1-4-8-11)12-9-5-2-6-10-12;1-5-6(2,3)4;2*1-2-4-5-3-1;/h1-10,13H;1,5H2,2-4H3;2*1-5H;/q2*-1;;;+2. The Bertz CT molecular complexity index is 550. The van der Waals surface area contributed by atoms with Crippen LogP contribution in [0.2, 0.25) is 0 Å². The van der Waals surface area contributed by atoms with Crippen molar-refractivity contribution in [1.29, 1.82) is 0 Å². The Kier molecular flexibility index (Phi) is 18.1. The molecule has 0 unspecified atom stereocenters. The molecule has 2 aliphatic rings. The van der Waals surface area contributed by atoms with Gasteiger partial charge in [0.25, 0.3) is 0 Å². The van der Waals surface area contributed by atoms with Gasteiger partial charge in [0.05, 0.1) is 0 Å². The van der Waals surface area contributed by atoms with Gasteiger partial charge in [-0.15, -0.1) is 0 Å². The SMILES string of the molecule is [CH2-]CC(C)(C)C.[CH]1[CH][CH][CH][CH]1.[CH]1[CH][CH][CH][CH]1.[NH-]N(c1ccccc1)c1ccccc1.[Zr+2]. The summed E-state index contributed by atoms with van der Waals surface area (Å²) >= 11 is 0. The van der Waals surface area contributed by atoms with Crippen LogP contribution in [0.5, 0.6) is 0 Å². The summed E-state index contributed by atoms with van der Waals surface area (Å²) in [5.41, 5.74) is 2.18. The predicted molar refractivity (Wildman–Crippen MR) is 132 cm³/mol. The van der Waals surface area contributed by atoms with Crippen molar-refractivity contribution in [2.75, 3.05) is 5.01 Å². The van der Waals surface area contributed by atoms with Gasteiger partial charge in [-0.3, -0.25) is 0 Å². The molecule has 2 aliphatic carbocycles. The first-order chi connectivity index (χ1) is 14.4. The molecule has 2 fully saturated rings. The van der Waals surface area contributed by atoms with E-state index in [4.69, 9.17) is 5.84 Å². The number of hydrogen-bond acceptors (Lipinski definition) is 1. The molecule has 0 heterocycles. The molecule has 1 N–H and O–H groups in total.